The Morgan fingerprint density at radius 1 is 1.50 bits per heavy atom. The number of ether oxygens (including phenoxy) is 1. The molecule has 48 valence electrons. The number of rotatable bonds is 3. The molecule has 0 atom stereocenters. The van der Waals surface area contributed by atoms with E-state index in [1.54, 1.807) is 7.11 Å². The molecule has 0 unspecified atom stereocenters. The van der Waals surface area contributed by atoms with E-state index in [1.165, 1.54) is 7.11 Å². The molecule has 0 saturated heterocycles. The highest BCUT2D eigenvalue weighted by Gasteiger charge is 1.85. The van der Waals surface area contributed by atoms with Crippen molar-refractivity contribution >= 4 is 5.71 Å². The van der Waals surface area contributed by atoms with Crippen molar-refractivity contribution in [3.8, 4) is 0 Å². The Kier molecular flexibility index (Phi) is 4.26. The molecule has 0 aromatic rings. The van der Waals surface area contributed by atoms with Crippen LogP contribution in [0.15, 0.2) is 5.16 Å². The van der Waals surface area contributed by atoms with Crippen LogP contribution in [0.1, 0.15) is 6.92 Å². The maximum Gasteiger partial charge on any atom is 0.106 e. The molecule has 0 aromatic carbocycles. The average molecular weight is 117 g/mol. The molecule has 0 spiro atoms. The zero-order valence-electron chi connectivity index (χ0n) is 5.47. The maximum atomic E-state index is 4.75. The molecule has 0 bridgehead atoms. The molecule has 0 N–H and O–H groups in total. The van der Waals surface area contributed by atoms with E-state index in [-0.39, 0.29) is 0 Å². The molecule has 8 heavy (non-hydrogen) atoms. The largest absolute Gasteiger partial charge is 0.399 e. The fourth-order valence-electron chi connectivity index (χ4n) is 0.391. The smallest absolute Gasteiger partial charge is 0.106 e. The number of oxime groups is 1. The molecule has 0 saturated carbocycles. The summed E-state index contributed by atoms with van der Waals surface area (Å²) in [6.07, 6.45) is 0. The summed E-state index contributed by atoms with van der Waals surface area (Å²) < 4.78 is 4.75. The van der Waals surface area contributed by atoms with E-state index >= 15 is 0 Å². The monoisotopic (exact) mass is 117 g/mol. The van der Waals surface area contributed by atoms with E-state index < -0.39 is 0 Å². The third kappa shape index (κ3) is 3.61. The lowest BCUT2D eigenvalue weighted by molar-refractivity contribution is 0.200. The van der Waals surface area contributed by atoms with Gasteiger partial charge >= 0.3 is 0 Å². The van der Waals surface area contributed by atoms with Crippen LogP contribution in [0.3, 0.4) is 0 Å². The summed E-state index contributed by atoms with van der Waals surface area (Å²) in [4.78, 5) is 4.46. The minimum atomic E-state index is 0.536. The van der Waals surface area contributed by atoms with Gasteiger partial charge in [0.25, 0.3) is 0 Å². The first-order chi connectivity index (χ1) is 3.81. The zero-order valence-corrected chi connectivity index (χ0v) is 5.47. The second-order valence-corrected chi connectivity index (χ2v) is 1.44. The summed E-state index contributed by atoms with van der Waals surface area (Å²) in [5, 5.41) is 3.61. The van der Waals surface area contributed by atoms with Gasteiger partial charge in [-0.2, -0.15) is 0 Å². The predicted octanol–water partition coefficient (Wildman–Crippen LogP) is 0.655. The van der Waals surface area contributed by atoms with Crippen LogP contribution in [0.5, 0.6) is 0 Å². The van der Waals surface area contributed by atoms with Crippen molar-refractivity contribution in [3.63, 3.8) is 0 Å². The third-order valence-corrected chi connectivity index (χ3v) is 0.600. The highest BCUT2D eigenvalue weighted by molar-refractivity contribution is 5.82. The number of hydrogen-bond donors (Lipinski definition) is 0. The van der Waals surface area contributed by atoms with Crippen molar-refractivity contribution in [2.45, 2.75) is 6.92 Å². The van der Waals surface area contributed by atoms with Crippen LogP contribution < -0.4 is 0 Å². The van der Waals surface area contributed by atoms with Gasteiger partial charge in [-0.15, -0.1) is 0 Å². The van der Waals surface area contributed by atoms with Crippen LogP contribution in [0.2, 0.25) is 0 Å². The Balaban J connectivity index is 3.29. The van der Waals surface area contributed by atoms with Gasteiger partial charge in [0, 0.05) is 7.11 Å². The van der Waals surface area contributed by atoms with E-state index in [2.05, 4.69) is 9.99 Å². The highest BCUT2D eigenvalue weighted by atomic mass is 16.6. The molecular formula is C5H11NO2. The van der Waals surface area contributed by atoms with Gasteiger partial charge in [-0.05, 0) is 6.92 Å². The highest BCUT2D eigenvalue weighted by Crippen LogP contribution is 1.77. The van der Waals surface area contributed by atoms with E-state index in [4.69, 9.17) is 4.74 Å². The van der Waals surface area contributed by atoms with Gasteiger partial charge in [-0.3, -0.25) is 0 Å². The zero-order chi connectivity index (χ0) is 6.41. The average Bonchev–Trinajstić information content (AvgIpc) is 1.68. The minimum Gasteiger partial charge on any atom is -0.399 e. The predicted molar refractivity (Wildman–Crippen MR) is 32.0 cm³/mol. The van der Waals surface area contributed by atoms with Crippen LogP contribution in [-0.4, -0.2) is 26.5 Å². The number of methoxy groups -OCH3 is 1. The summed E-state index contributed by atoms with van der Waals surface area (Å²) in [5.74, 6) is 0. The summed E-state index contributed by atoms with van der Waals surface area (Å²) >= 11 is 0. The molecule has 0 heterocycles. The molecule has 0 radical (unpaired) electrons. The fourth-order valence-corrected chi connectivity index (χ4v) is 0.391. The molecule has 0 rings (SSSR count). The van der Waals surface area contributed by atoms with Crippen molar-refractivity contribution in [2.75, 3.05) is 20.8 Å². The van der Waals surface area contributed by atoms with Gasteiger partial charge in [-0.25, -0.2) is 0 Å². The Morgan fingerprint density at radius 2 is 2.12 bits per heavy atom. The van der Waals surface area contributed by atoms with Crippen molar-refractivity contribution in [1.82, 2.24) is 0 Å². The van der Waals surface area contributed by atoms with E-state index in [1.807, 2.05) is 6.92 Å². The van der Waals surface area contributed by atoms with Crippen molar-refractivity contribution < 1.29 is 9.57 Å². The van der Waals surface area contributed by atoms with Crippen LogP contribution in [0, 0.1) is 0 Å². The summed E-state index contributed by atoms with van der Waals surface area (Å²) in [6, 6.07) is 0. The van der Waals surface area contributed by atoms with Crippen LogP contribution >= 0.6 is 0 Å². The standard InChI is InChI=1S/C5H11NO2/c1-5(4-7-2)6-8-3/h4H2,1-3H3/b6-5-. The normalized spacial score (nSPS) is 11.6. The van der Waals surface area contributed by atoms with Crippen LogP contribution in [0.4, 0.5) is 0 Å². The minimum absolute atomic E-state index is 0.536. The lowest BCUT2D eigenvalue weighted by atomic mass is 10.5. The molecular weight excluding hydrogens is 106 g/mol. The lowest BCUT2D eigenvalue weighted by Crippen LogP contribution is -2.01. The second kappa shape index (κ2) is 4.59. The molecule has 3 nitrogen and oxygen atoms in total. The van der Waals surface area contributed by atoms with Gasteiger partial charge in [0.1, 0.15) is 7.11 Å². The van der Waals surface area contributed by atoms with Gasteiger partial charge in [0.15, 0.2) is 0 Å². The van der Waals surface area contributed by atoms with Gasteiger partial charge in [0.05, 0.1) is 12.3 Å². The van der Waals surface area contributed by atoms with E-state index in [9.17, 15) is 0 Å². The van der Waals surface area contributed by atoms with Gasteiger partial charge < -0.3 is 9.57 Å². The lowest BCUT2D eigenvalue weighted by Gasteiger charge is -1.94. The first-order valence-electron chi connectivity index (χ1n) is 2.36. The summed E-state index contributed by atoms with van der Waals surface area (Å²) in [6.45, 7) is 2.38. The van der Waals surface area contributed by atoms with E-state index in [0.29, 0.717) is 6.61 Å². The molecule has 0 fully saturated rings. The summed E-state index contributed by atoms with van der Waals surface area (Å²) in [5.41, 5.74) is 0.843. The van der Waals surface area contributed by atoms with Crippen molar-refractivity contribution in [1.29, 1.82) is 0 Å². The van der Waals surface area contributed by atoms with E-state index in [0.717, 1.165) is 5.71 Å². The molecule has 0 aliphatic heterocycles. The third-order valence-electron chi connectivity index (χ3n) is 0.600. The number of nitrogens with zero attached hydrogens (tertiary/aromatic N) is 1. The van der Waals surface area contributed by atoms with Gasteiger partial charge in [-0.1, -0.05) is 5.16 Å². The fraction of sp³-hybridized carbons (Fsp3) is 0.800. The SMILES string of the molecule is COC/C(C)=N\OC. The summed E-state index contributed by atoms with van der Waals surface area (Å²) in [7, 11) is 3.13. The van der Waals surface area contributed by atoms with Crippen molar-refractivity contribution in [2.24, 2.45) is 5.16 Å². The van der Waals surface area contributed by atoms with Gasteiger partial charge in [0.2, 0.25) is 0 Å². The number of hydrogen-bond acceptors (Lipinski definition) is 3. The Bertz CT molecular complexity index is 80.5. The molecule has 3 heteroatoms. The van der Waals surface area contributed by atoms with Crippen LogP contribution in [0.25, 0.3) is 0 Å². The molecule has 0 aromatic heterocycles. The first kappa shape index (κ1) is 7.43. The van der Waals surface area contributed by atoms with Crippen LogP contribution in [-0.2, 0) is 9.57 Å². The molecule has 0 amide bonds. The topological polar surface area (TPSA) is 30.8 Å². The maximum absolute atomic E-state index is 4.75. The first-order valence-corrected chi connectivity index (χ1v) is 2.36. The Hall–Kier alpha value is -0.570. The second-order valence-electron chi connectivity index (χ2n) is 1.44. The quantitative estimate of drug-likeness (QED) is 0.401. The molecule has 0 aliphatic carbocycles. The molecule has 0 aliphatic rings. The van der Waals surface area contributed by atoms with Crippen molar-refractivity contribution in [3.05, 3.63) is 0 Å². The Labute approximate surface area is 49.3 Å². The Morgan fingerprint density at radius 3 is 2.50 bits per heavy atom.